The molecule has 7 nitrogen and oxygen atoms in total. The maximum Gasteiger partial charge on any atom is 0.267 e. The molecule has 0 unspecified atom stereocenters. The number of nitrogens with zero attached hydrogens (tertiary/aromatic N) is 1. The van der Waals surface area contributed by atoms with E-state index in [-0.39, 0.29) is 16.6 Å². The Labute approximate surface area is 157 Å². The Bertz CT molecular complexity index is 1000. The molecule has 2 amide bonds. The Morgan fingerprint density at radius 3 is 2.56 bits per heavy atom. The molecular weight excluding hydrogens is 366 g/mol. The van der Waals surface area contributed by atoms with Crippen molar-refractivity contribution in [3.8, 4) is 0 Å². The Hall–Kier alpha value is -3.00. The van der Waals surface area contributed by atoms with Crippen molar-refractivity contribution in [2.45, 2.75) is 18.2 Å². The predicted molar refractivity (Wildman–Crippen MR) is 100 cm³/mol. The molecular formula is C19H19N3O4S. The summed E-state index contributed by atoms with van der Waals surface area (Å²) < 4.78 is 27.5. The zero-order valence-electron chi connectivity index (χ0n) is 14.7. The molecule has 0 aliphatic heterocycles. The minimum absolute atomic E-state index is 0.0566. The highest BCUT2D eigenvalue weighted by Gasteiger charge is 2.55. The number of allylic oxidation sites excluding steroid dienone is 1. The second kappa shape index (κ2) is 6.96. The lowest BCUT2D eigenvalue weighted by atomic mass is 10.1. The number of sulfonamides is 1. The van der Waals surface area contributed by atoms with E-state index in [1.54, 1.807) is 43.3 Å². The number of aromatic nitrogens is 1. The SMILES string of the molecule is C=C[C@@H]1C[C@]1(C)C(=O)NS(=O)(=O)c1cccnc1NC(=O)c1ccccc1. The third-order valence-corrected chi connectivity index (χ3v) is 6.02. The van der Waals surface area contributed by atoms with Crippen LogP contribution in [0.1, 0.15) is 23.7 Å². The summed E-state index contributed by atoms with van der Waals surface area (Å²) in [4.78, 5) is 28.4. The van der Waals surface area contributed by atoms with Gasteiger partial charge in [0.2, 0.25) is 5.91 Å². The summed E-state index contributed by atoms with van der Waals surface area (Å²) in [5, 5.41) is 2.48. The van der Waals surface area contributed by atoms with Crippen LogP contribution < -0.4 is 10.0 Å². The fourth-order valence-electron chi connectivity index (χ4n) is 2.77. The summed E-state index contributed by atoms with van der Waals surface area (Å²) in [6.07, 6.45) is 3.54. The third-order valence-electron chi connectivity index (χ3n) is 4.66. The van der Waals surface area contributed by atoms with Crippen LogP contribution in [0.25, 0.3) is 0 Å². The number of carbonyl (C=O) groups is 2. The Kier molecular flexibility index (Phi) is 4.84. The highest BCUT2D eigenvalue weighted by molar-refractivity contribution is 7.90. The molecule has 2 atom stereocenters. The zero-order chi connectivity index (χ0) is 19.7. The Morgan fingerprint density at radius 1 is 1.22 bits per heavy atom. The fraction of sp³-hybridized carbons (Fsp3) is 0.211. The monoisotopic (exact) mass is 385 g/mol. The van der Waals surface area contributed by atoms with E-state index in [1.807, 2.05) is 0 Å². The van der Waals surface area contributed by atoms with E-state index < -0.39 is 27.3 Å². The quantitative estimate of drug-likeness (QED) is 0.743. The van der Waals surface area contributed by atoms with E-state index in [0.717, 1.165) is 0 Å². The Morgan fingerprint density at radius 2 is 1.93 bits per heavy atom. The average Bonchev–Trinajstić information content (AvgIpc) is 3.34. The van der Waals surface area contributed by atoms with Gasteiger partial charge in [0, 0.05) is 11.8 Å². The second-order valence-electron chi connectivity index (χ2n) is 6.57. The zero-order valence-corrected chi connectivity index (χ0v) is 15.5. The normalized spacial score (nSPS) is 21.1. The summed E-state index contributed by atoms with van der Waals surface area (Å²) in [7, 11) is -4.20. The first-order valence-electron chi connectivity index (χ1n) is 8.29. The van der Waals surface area contributed by atoms with Crippen LogP contribution in [0.2, 0.25) is 0 Å². The molecule has 1 aliphatic rings. The van der Waals surface area contributed by atoms with Crippen molar-refractivity contribution in [3.05, 3.63) is 66.9 Å². The van der Waals surface area contributed by atoms with Gasteiger partial charge in [-0.3, -0.25) is 9.59 Å². The average molecular weight is 385 g/mol. The largest absolute Gasteiger partial charge is 0.305 e. The van der Waals surface area contributed by atoms with E-state index in [9.17, 15) is 18.0 Å². The second-order valence-corrected chi connectivity index (χ2v) is 8.22. The maximum absolute atomic E-state index is 12.7. The van der Waals surface area contributed by atoms with Crippen LogP contribution in [-0.4, -0.2) is 25.2 Å². The van der Waals surface area contributed by atoms with Gasteiger partial charge in [-0.25, -0.2) is 18.1 Å². The lowest BCUT2D eigenvalue weighted by molar-refractivity contribution is -0.124. The number of nitrogens with one attached hydrogen (secondary N) is 2. The highest BCUT2D eigenvalue weighted by atomic mass is 32.2. The van der Waals surface area contributed by atoms with Crippen molar-refractivity contribution in [1.82, 2.24) is 9.71 Å². The van der Waals surface area contributed by atoms with Crippen molar-refractivity contribution in [1.29, 1.82) is 0 Å². The Balaban J connectivity index is 1.83. The maximum atomic E-state index is 12.7. The van der Waals surface area contributed by atoms with E-state index in [0.29, 0.717) is 12.0 Å². The molecule has 1 fully saturated rings. The van der Waals surface area contributed by atoms with Gasteiger partial charge in [0.25, 0.3) is 15.9 Å². The molecule has 3 rings (SSSR count). The molecule has 27 heavy (non-hydrogen) atoms. The minimum Gasteiger partial charge on any atom is -0.305 e. The van der Waals surface area contributed by atoms with Crippen molar-refractivity contribution in [2.24, 2.45) is 11.3 Å². The summed E-state index contributed by atoms with van der Waals surface area (Å²) in [5.74, 6) is -1.30. The van der Waals surface area contributed by atoms with Gasteiger partial charge in [0.05, 0.1) is 5.41 Å². The van der Waals surface area contributed by atoms with Crippen molar-refractivity contribution < 1.29 is 18.0 Å². The van der Waals surface area contributed by atoms with Crippen LogP contribution in [0.5, 0.6) is 0 Å². The van der Waals surface area contributed by atoms with Gasteiger partial charge in [0.15, 0.2) is 5.82 Å². The standard InChI is InChI=1S/C19H19N3O4S/c1-3-14-12-19(14,2)18(24)22-27(25,26)15-10-7-11-20-16(15)21-17(23)13-8-5-4-6-9-13/h3-11,14H,1,12H2,2H3,(H,22,24)(H,20,21,23)/t14-,19+/m1/s1. The molecule has 1 aromatic heterocycles. The number of amides is 2. The summed E-state index contributed by atoms with van der Waals surface area (Å²) >= 11 is 0. The van der Waals surface area contributed by atoms with E-state index >= 15 is 0 Å². The molecule has 2 N–H and O–H groups in total. The highest BCUT2D eigenvalue weighted by Crippen LogP contribution is 2.53. The first-order valence-corrected chi connectivity index (χ1v) is 9.77. The molecule has 1 aromatic carbocycles. The van der Waals surface area contributed by atoms with Crippen molar-refractivity contribution in [3.63, 3.8) is 0 Å². The number of carbonyl (C=O) groups excluding carboxylic acids is 2. The lowest BCUT2D eigenvalue weighted by Gasteiger charge is -2.14. The number of pyridine rings is 1. The first kappa shape index (κ1) is 18.8. The van der Waals surface area contributed by atoms with Crippen LogP contribution in [0.4, 0.5) is 5.82 Å². The van der Waals surface area contributed by atoms with Crippen LogP contribution in [-0.2, 0) is 14.8 Å². The lowest BCUT2D eigenvalue weighted by Crippen LogP contribution is -2.37. The van der Waals surface area contributed by atoms with Crippen molar-refractivity contribution >= 4 is 27.7 Å². The van der Waals surface area contributed by atoms with Gasteiger partial charge in [-0.2, -0.15) is 0 Å². The molecule has 0 spiro atoms. The first-order chi connectivity index (χ1) is 12.8. The minimum atomic E-state index is -4.20. The van der Waals surface area contributed by atoms with Gasteiger partial charge in [-0.15, -0.1) is 6.58 Å². The number of benzene rings is 1. The fourth-order valence-corrected chi connectivity index (χ4v) is 3.97. The number of hydrogen-bond acceptors (Lipinski definition) is 5. The summed E-state index contributed by atoms with van der Waals surface area (Å²) in [6.45, 7) is 5.33. The van der Waals surface area contributed by atoms with Gasteiger partial charge >= 0.3 is 0 Å². The predicted octanol–water partition coefficient (Wildman–Crippen LogP) is 2.35. The van der Waals surface area contributed by atoms with Gasteiger partial charge in [-0.1, -0.05) is 31.2 Å². The van der Waals surface area contributed by atoms with Crippen LogP contribution >= 0.6 is 0 Å². The summed E-state index contributed by atoms with van der Waals surface area (Å²) in [6, 6.07) is 11.0. The molecule has 8 heteroatoms. The third kappa shape index (κ3) is 3.75. The molecule has 0 saturated heterocycles. The van der Waals surface area contributed by atoms with E-state index in [2.05, 4.69) is 21.6 Å². The summed E-state index contributed by atoms with van der Waals surface area (Å²) in [5.41, 5.74) is -0.431. The molecule has 2 aromatic rings. The molecule has 0 bridgehead atoms. The molecule has 140 valence electrons. The topological polar surface area (TPSA) is 105 Å². The van der Waals surface area contributed by atoms with Crippen LogP contribution in [0.15, 0.2) is 66.2 Å². The van der Waals surface area contributed by atoms with Gasteiger partial charge in [-0.05, 0) is 36.6 Å². The number of hydrogen-bond donors (Lipinski definition) is 2. The number of anilines is 1. The van der Waals surface area contributed by atoms with Gasteiger partial charge in [0.1, 0.15) is 4.90 Å². The smallest absolute Gasteiger partial charge is 0.267 e. The van der Waals surface area contributed by atoms with Crippen LogP contribution in [0.3, 0.4) is 0 Å². The van der Waals surface area contributed by atoms with E-state index in [4.69, 9.17) is 0 Å². The van der Waals surface area contributed by atoms with Gasteiger partial charge < -0.3 is 5.32 Å². The van der Waals surface area contributed by atoms with Crippen LogP contribution in [0, 0.1) is 11.3 Å². The molecule has 1 saturated carbocycles. The molecule has 1 aliphatic carbocycles. The number of rotatable bonds is 6. The molecule has 0 radical (unpaired) electrons. The molecule has 1 heterocycles. The van der Waals surface area contributed by atoms with E-state index in [1.165, 1.54) is 18.3 Å². The van der Waals surface area contributed by atoms with Crippen molar-refractivity contribution in [2.75, 3.05) is 5.32 Å².